The maximum absolute atomic E-state index is 11.1. The zero-order chi connectivity index (χ0) is 13.2. The van der Waals surface area contributed by atoms with E-state index in [0.717, 1.165) is 24.0 Å². The SMILES string of the molecule is Cc1cc(S(=O)(=O)O)c(C)cc1CCC(C)C. The number of hydrogen-bond donors (Lipinski definition) is 1. The molecule has 0 saturated carbocycles. The first-order valence-electron chi connectivity index (χ1n) is 5.79. The lowest BCUT2D eigenvalue weighted by Crippen LogP contribution is -2.04. The van der Waals surface area contributed by atoms with E-state index in [4.69, 9.17) is 4.55 Å². The fourth-order valence-corrected chi connectivity index (χ4v) is 2.63. The highest BCUT2D eigenvalue weighted by molar-refractivity contribution is 7.85. The summed E-state index contributed by atoms with van der Waals surface area (Å²) < 4.78 is 31.4. The standard InChI is InChI=1S/C13H20O3S/c1-9(2)5-6-12-7-11(4)13(8-10(12)3)17(14,15)16/h7-9H,5-6H2,1-4H3,(H,14,15,16). The van der Waals surface area contributed by atoms with Crippen molar-refractivity contribution in [3.8, 4) is 0 Å². The Morgan fingerprint density at radius 3 is 2.24 bits per heavy atom. The maximum atomic E-state index is 11.1. The van der Waals surface area contributed by atoms with Gasteiger partial charge in [-0.2, -0.15) is 8.42 Å². The van der Waals surface area contributed by atoms with Gasteiger partial charge in [0.2, 0.25) is 0 Å². The Bertz CT molecular complexity index is 502. The van der Waals surface area contributed by atoms with Crippen LogP contribution in [0.15, 0.2) is 17.0 Å². The summed E-state index contributed by atoms with van der Waals surface area (Å²) >= 11 is 0. The predicted octanol–water partition coefficient (Wildman–Crippen LogP) is 3.14. The van der Waals surface area contributed by atoms with Crippen LogP contribution in [-0.4, -0.2) is 13.0 Å². The van der Waals surface area contributed by atoms with Crippen molar-refractivity contribution in [1.29, 1.82) is 0 Å². The first-order valence-corrected chi connectivity index (χ1v) is 7.23. The average molecular weight is 256 g/mol. The second-order valence-electron chi connectivity index (χ2n) is 4.95. The minimum absolute atomic E-state index is 0.0169. The molecule has 0 aromatic heterocycles. The molecule has 3 nitrogen and oxygen atoms in total. The van der Waals surface area contributed by atoms with Crippen molar-refractivity contribution in [2.24, 2.45) is 5.92 Å². The summed E-state index contributed by atoms with van der Waals surface area (Å²) in [6.07, 6.45) is 2.02. The molecule has 96 valence electrons. The van der Waals surface area contributed by atoms with Gasteiger partial charge in [-0.15, -0.1) is 0 Å². The van der Waals surface area contributed by atoms with E-state index in [1.807, 2.05) is 13.0 Å². The van der Waals surface area contributed by atoms with Gasteiger partial charge in [0.05, 0.1) is 4.90 Å². The molecule has 0 fully saturated rings. The molecule has 1 N–H and O–H groups in total. The highest BCUT2D eigenvalue weighted by Gasteiger charge is 2.15. The summed E-state index contributed by atoms with van der Waals surface area (Å²) in [4.78, 5) is 0.0169. The van der Waals surface area contributed by atoms with Gasteiger partial charge in [0.25, 0.3) is 10.1 Å². The smallest absolute Gasteiger partial charge is 0.282 e. The van der Waals surface area contributed by atoms with Gasteiger partial charge >= 0.3 is 0 Å². The largest absolute Gasteiger partial charge is 0.294 e. The Morgan fingerprint density at radius 2 is 1.76 bits per heavy atom. The summed E-state index contributed by atoms with van der Waals surface area (Å²) in [5, 5.41) is 0. The van der Waals surface area contributed by atoms with Crippen molar-refractivity contribution in [1.82, 2.24) is 0 Å². The van der Waals surface area contributed by atoms with Crippen molar-refractivity contribution in [3.63, 3.8) is 0 Å². The number of benzene rings is 1. The van der Waals surface area contributed by atoms with E-state index in [1.54, 1.807) is 13.0 Å². The molecule has 0 aliphatic rings. The fraction of sp³-hybridized carbons (Fsp3) is 0.538. The van der Waals surface area contributed by atoms with Crippen molar-refractivity contribution >= 4 is 10.1 Å². The molecule has 0 bridgehead atoms. The van der Waals surface area contributed by atoms with E-state index >= 15 is 0 Å². The van der Waals surface area contributed by atoms with E-state index in [2.05, 4.69) is 13.8 Å². The van der Waals surface area contributed by atoms with Crippen LogP contribution in [0.25, 0.3) is 0 Å². The van der Waals surface area contributed by atoms with Crippen molar-refractivity contribution in [2.75, 3.05) is 0 Å². The van der Waals surface area contributed by atoms with Gasteiger partial charge in [-0.1, -0.05) is 19.9 Å². The number of rotatable bonds is 4. The molecule has 0 aliphatic heterocycles. The van der Waals surface area contributed by atoms with Crippen LogP contribution in [0.1, 0.15) is 37.0 Å². The second-order valence-corrected chi connectivity index (χ2v) is 6.34. The Kier molecular flexibility index (Phi) is 4.33. The van der Waals surface area contributed by atoms with E-state index in [0.29, 0.717) is 11.5 Å². The quantitative estimate of drug-likeness (QED) is 0.842. The highest BCUT2D eigenvalue weighted by Crippen LogP contribution is 2.22. The summed E-state index contributed by atoms with van der Waals surface area (Å²) in [6.45, 7) is 7.91. The summed E-state index contributed by atoms with van der Waals surface area (Å²) in [7, 11) is -4.10. The lowest BCUT2D eigenvalue weighted by atomic mass is 9.97. The Morgan fingerprint density at radius 1 is 1.18 bits per heavy atom. The molecule has 1 rings (SSSR count). The Balaban J connectivity index is 3.10. The van der Waals surface area contributed by atoms with Gasteiger partial charge in [0.15, 0.2) is 0 Å². The highest BCUT2D eigenvalue weighted by atomic mass is 32.2. The number of aryl methyl sites for hydroxylation is 3. The fourth-order valence-electron chi connectivity index (χ4n) is 1.84. The number of hydrogen-bond acceptors (Lipinski definition) is 2. The Hall–Kier alpha value is -0.870. The average Bonchev–Trinajstić information content (AvgIpc) is 2.17. The zero-order valence-corrected chi connectivity index (χ0v) is 11.6. The van der Waals surface area contributed by atoms with E-state index < -0.39 is 10.1 Å². The van der Waals surface area contributed by atoms with E-state index in [1.165, 1.54) is 0 Å². The maximum Gasteiger partial charge on any atom is 0.294 e. The summed E-state index contributed by atoms with van der Waals surface area (Å²) in [6, 6.07) is 3.42. The van der Waals surface area contributed by atoms with Gasteiger partial charge in [0.1, 0.15) is 0 Å². The molecule has 4 heteroatoms. The van der Waals surface area contributed by atoms with Crippen LogP contribution in [0.2, 0.25) is 0 Å². The molecule has 0 amide bonds. The first kappa shape index (κ1) is 14.2. The molecule has 0 unspecified atom stereocenters. The van der Waals surface area contributed by atoms with Crippen LogP contribution in [-0.2, 0) is 16.5 Å². The molecule has 0 saturated heterocycles. The van der Waals surface area contributed by atoms with Gasteiger partial charge in [-0.05, 0) is 55.4 Å². The summed E-state index contributed by atoms with van der Waals surface area (Å²) in [5.41, 5.74) is 2.68. The summed E-state index contributed by atoms with van der Waals surface area (Å²) in [5.74, 6) is 0.621. The molecule has 0 atom stereocenters. The molecule has 17 heavy (non-hydrogen) atoms. The minimum Gasteiger partial charge on any atom is -0.282 e. The van der Waals surface area contributed by atoms with Crippen LogP contribution >= 0.6 is 0 Å². The third-order valence-electron chi connectivity index (χ3n) is 2.90. The van der Waals surface area contributed by atoms with Gasteiger partial charge < -0.3 is 0 Å². The normalized spacial score (nSPS) is 12.1. The minimum atomic E-state index is -4.10. The van der Waals surface area contributed by atoms with Crippen LogP contribution in [0.4, 0.5) is 0 Å². The zero-order valence-electron chi connectivity index (χ0n) is 10.8. The van der Waals surface area contributed by atoms with Crippen LogP contribution < -0.4 is 0 Å². The second kappa shape index (κ2) is 5.19. The van der Waals surface area contributed by atoms with E-state index in [-0.39, 0.29) is 4.90 Å². The van der Waals surface area contributed by atoms with Gasteiger partial charge in [0, 0.05) is 0 Å². The molecule has 0 aliphatic carbocycles. The molecule has 0 spiro atoms. The van der Waals surface area contributed by atoms with Crippen LogP contribution in [0.3, 0.4) is 0 Å². The monoisotopic (exact) mass is 256 g/mol. The third kappa shape index (κ3) is 3.82. The molecule has 0 radical (unpaired) electrons. The predicted molar refractivity (Wildman–Crippen MR) is 68.9 cm³/mol. The molecular weight excluding hydrogens is 236 g/mol. The van der Waals surface area contributed by atoms with Crippen LogP contribution in [0, 0.1) is 19.8 Å². The lowest BCUT2D eigenvalue weighted by molar-refractivity contribution is 0.482. The van der Waals surface area contributed by atoms with Gasteiger partial charge in [-0.3, -0.25) is 4.55 Å². The van der Waals surface area contributed by atoms with Crippen molar-refractivity contribution in [2.45, 2.75) is 45.4 Å². The van der Waals surface area contributed by atoms with Crippen LogP contribution in [0.5, 0.6) is 0 Å². The van der Waals surface area contributed by atoms with E-state index in [9.17, 15) is 8.42 Å². The van der Waals surface area contributed by atoms with Crippen molar-refractivity contribution in [3.05, 3.63) is 28.8 Å². The third-order valence-corrected chi connectivity index (χ3v) is 3.90. The molecule has 1 aromatic rings. The lowest BCUT2D eigenvalue weighted by Gasteiger charge is -2.11. The van der Waals surface area contributed by atoms with Gasteiger partial charge in [-0.25, -0.2) is 0 Å². The molecule has 1 aromatic carbocycles. The first-order chi connectivity index (χ1) is 7.71. The Labute approximate surface area is 104 Å². The molecule has 0 heterocycles. The van der Waals surface area contributed by atoms with Crippen molar-refractivity contribution < 1.29 is 13.0 Å². The molecular formula is C13H20O3S. The topological polar surface area (TPSA) is 54.4 Å².